The van der Waals surface area contributed by atoms with Crippen molar-refractivity contribution in [2.45, 2.75) is 25.4 Å². The smallest absolute Gasteiger partial charge is 0.123 e. The van der Waals surface area contributed by atoms with Crippen LogP contribution in [0.4, 0.5) is 4.39 Å². The van der Waals surface area contributed by atoms with Gasteiger partial charge in [0.05, 0.1) is 5.60 Å². The zero-order valence-corrected chi connectivity index (χ0v) is 6.97. The van der Waals surface area contributed by atoms with Crippen molar-refractivity contribution in [2.24, 2.45) is 0 Å². The van der Waals surface area contributed by atoms with Gasteiger partial charge in [0.1, 0.15) is 5.82 Å². The number of rotatable bonds is 0. The number of hydrogen-bond donors (Lipinski definition) is 1. The lowest BCUT2D eigenvalue weighted by Gasteiger charge is -2.16. The van der Waals surface area contributed by atoms with E-state index in [1.165, 1.54) is 12.1 Å². The largest absolute Gasteiger partial charge is 0.385 e. The Kier molecular flexibility index (Phi) is 1.48. The first kappa shape index (κ1) is 7.74. The summed E-state index contributed by atoms with van der Waals surface area (Å²) in [5, 5.41) is 9.82. The highest BCUT2D eigenvalue weighted by molar-refractivity contribution is 5.36. The predicted octanol–water partition coefficient (Wildman–Crippen LogP) is 1.98. The predicted molar refractivity (Wildman–Crippen MR) is 44.3 cm³/mol. The maximum atomic E-state index is 12.7. The van der Waals surface area contributed by atoms with Gasteiger partial charge >= 0.3 is 0 Å². The second-order valence-corrected chi connectivity index (χ2v) is 3.58. The van der Waals surface area contributed by atoms with Crippen LogP contribution in [0.5, 0.6) is 0 Å². The SMILES string of the molecule is CC1(O)CCc2cc(F)ccc21. The van der Waals surface area contributed by atoms with E-state index in [1.54, 1.807) is 13.0 Å². The zero-order valence-electron chi connectivity index (χ0n) is 6.97. The van der Waals surface area contributed by atoms with E-state index in [-0.39, 0.29) is 5.82 Å². The first-order chi connectivity index (χ1) is 5.59. The third-order valence-electron chi connectivity index (χ3n) is 2.53. The lowest BCUT2D eigenvalue weighted by Crippen LogP contribution is -2.16. The summed E-state index contributed by atoms with van der Waals surface area (Å²) in [6.07, 6.45) is 1.48. The van der Waals surface area contributed by atoms with Crippen LogP contribution in [-0.2, 0) is 12.0 Å². The monoisotopic (exact) mass is 166 g/mol. The van der Waals surface area contributed by atoms with Crippen LogP contribution in [0.1, 0.15) is 24.5 Å². The maximum Gasteiger partial charge on any atom is 0.123 e. The third kappa shape index (κ3) is 1.03. The normalized spacial score (nSPS) is 27.2. The summed E-state index contributed by atoms with van der Waals surface area (Å²) in [6.45, 7) is 1.77. The van der Waals surface area contributed by atoms with E-state index in [0.717, 1.165) is 17.5 Å². The fourth-order valence-corrected chi connectivity index (χ4v) is 1.81. The van der Waals surface area contributed by atoms with Gasteiger partial charge in [0.25, 0.3) is 0 Å². The van der Waals surface area contributed by atoms with Gasteiger partial charge in [0, 0.05) is 0 Å². The molecule has 0 saturated heterocycles. The van der Waals surface area contributed by atoms with E-state index in [2.05, 4.69) is 0 Å². The first-order valence-electron chi connectivity index (χ1n) is 4.11. The zero-order chi connectivity index (χ0) is 8.77. The van der Waals surface area contributed by atoms with E-state index in [0.29, 0.717) is 6.42 Å². The Hall–Kier alpha value is -0.890. The molecule has 1 aromatic rings. The van der Waals surface area contributed by atoms with Gasteiger partial charge in [-0.1, -0.05) is 6.07 Å². The molecule has 0 radical (unpaired) electrons. The van der Waals surface area contributed by atoms with Crippen molar-refractivity contribution < 1.29 is 9.50 Å². The molecule has 12 heavy (non-hydrogen) atoms. The number of hydrogen-bond acceptors (Lipinski definition) is 1. The minimum Gasteiger partial charge on any atom is -0.385 e. The van der Waals surface area contributed by atoms with Crippen LogP contribution in [0.25, 0.3) is 0 Å². The van der Waals surface area contributed by atoms with Gasteiger partial charge in [-0.05, 0) is 43.0 Å². The molecule has 64 valence electrons. The van der Waals surface area contributed by atoms with Gasteiger partial charge < -0.3 is 5.11 Å². The van der Waals surface area contributed by atoms with Gasteiger partial charge in [0.15, 0.2) is 0 Å². The summed E-state index contributed by atoms with van der Waals surface area (Å²) in [5.41, 5.74) is 1.08. The highest BCUT2D eigenvalue weighted by Crippen LogP contribution is 2.36. The molecule has 1 nitrogen and oxygen atoms in total. The van der Waals surface area contributed by atoms with Crippen LogP contribution in [0.3, 0.4) is 0 Å². The maximum absolute atomic E-state index is 12.7. The highest BCUT2D eigenvalue weighted by Gasteiger charge is 2.31. The summed E-state index contributed by atoms with van der Waals surface area (Å²) in [4.78, 5) is 0. The molecule has 2 heteroatoms. The van der Waals surface area contributed by atoms with Crippen molar-refractivity contribution in [3.8, 4) is 0 Å². The average Bonchev–Trinajstić information content (AvgIpc) is 2.27. The Labute approximate surface area is 70.8 Å². The number of fused-ring (bicyclic) bond motifs is 1. The molecule has 2 rings (SSSR count). The van der Waals surface area contributed by atoms with Crippen LogP contribution < -0.4 is 0 Å². The molecule has 1 aliphatic carbocycles. The van der Waals surface area contributed by atoms with Crippen LogP contribution in [0.15, 0.2) is 18.2 Å². The summed E-state index contributed by atoms with van der Waals surface area (Å²) >= 11 is 0. The average molecular weight is 166 g/mol. The summed E-state index contributed by atoms with van der Waals surface area (Å²) < 4.78 is 12.7. The molecule has 1 aromatic carbocycles. The molecule has 0 aliphatic heterocycles. The standard InChI is InChI=1S/C10H11FO/c1-10(12)5-4-7-6-8(11)2-3-9(7)10/h2-3,6,12H,4-5H2,1H3. The minimum atomic E-state index is -0.747. The molecule has 0 aromatic heterocycles. The highest BCUT2D eigenvalue weighted by atomic mass is 19.1. The van der Waals surface area contributed by atoms with Gasteiger partial charge in [-0.3, -0.25) is 0 Å². The lowest BCUT2D eigenvalue weighted by atomic mass is 9.99. The number of aryl methyl sites for hydroxylation is 1. The molecule has 1 N–H and O–H groups in total. The number of benzene rings is 1. The Morgan fingerprint density at radius 1 is 1.50 bits per heavy atom. The minimum absolute atomic E-state index is 0.216. The summed E-state index contributed by atoms with van der Waals surface area (Å²) in [5.74, 6) is -0.216. The molecule has 0 fully saturated rings. The molecule has 1 unspecified atom stereocenters. The molecular weight excluding hydrogens is 155 g/mol. The van der Waals surface area contributed by atoms with E-state index >= 15 is 0 Å². The van der Waals surface area contributed by atoms with Gasteiger partial charge in [-0.15, -0.1) is 0 Å². The molecule has 0 heterocycles. The molecular formula is C10H11FO. The Morgan fingerprint density at radius 3 is 3.00 bits per heavy atom. The number of aliphatic hydroxyl groups is 1. The Balaban J connectivity index is 2.55. The van der Waals surface area contributed by atoms with Crippen molar-refractivity contribution >= 4 is 0 Å². The van der Waals surface area contributed by atoms with E-state index < -0.39 is 5.60 Å². The fraction of sp³-hybridized carbons (Fsp3) is 0.400. The van der Waals surface area contributed by atoms with E-state index in [9.17, 15) is 9.50 Å². The van der Waals surface area contributed by atoms with Crippen LogP contribution in [0.2, 0.25) is 0 Å². The van der Waals surface area contributed by atoms with Crippen LogP contribution in [0, 0.1) is 5.82 Å². The molecule has 0 spiro atoms. The van der Waals surface area contributed by atoms with Gasteiger partial charge in [-0.2, -0.15) is 0 Å². The Morgan fingerprint density at radius 2 is 2.25 bits per heavy atom. The van der Waals surface area contributed by atoms with Crippen molar-refractivity contribution in [3.63, 3.8) is 0 Å². The fourth-order valence-electron chi connectivity index (χ4n) is 1.81. The van der Waals surface area contributed by atoms with Gasteiger partial charge in [-0.25, -0.2) is 4.39 Å². The summed E-state index contributed by atoms with van der Waals surface area (Å²) in [7, 11) is 0. The van der Waals surface area contributed by atoms with Crippen molar-refractivity contribution in [1.82, 2.24) is 0 Å². The second kappa shape index (κ2) is 2.30. The van der Waals surface area contributed by atoms with Crippen LogP contribution in [-0.4, -0.2) is 5.11 Å². The molecule has 0 amide bonds. The first-order valence-corrected chi connectivity index (χ1v) is 4.11. The molecule has 0 bridgehead atoms. The molecule has 1 atom stereocenters. The lowest BCUT2D eigenvalue weighted by molar-refractivity contribution is 0.0594. The topological polar surface area (TPSA) is 20.2 Å². The van der Waals surface area contributed by atoms with Crippen molar-refractivity contribution in [2.75, 3.05) is 0 Å². The van der Waals surface area contributed by atoms with E-state index in [1.807, 2.05) is 0 Å². The van der Waals surface area contributed by atoms with Crippen LogP contribution >= 0.6 is 0 Å². The molecule has 1 aliphatic rings. The van der Waals surface area contributed by atoms with E-state index in [4.69, 9.17) is 0 Å². The third-order valence-corrected chi connectivity index (χ3v) is 2.53. The van der Waals surface area contributed by atoms with Crippen molar-refractivity contribution in [1.29, 1.82) is 0 Å². The van der Waals surface area contributed by atoms with Gasteiger partial charge in [0.2, 0.25) is 0 Å². The second-order valence-electron chi connectivity index (χ2n) is 3.58. The quantitative estimate of drug-likeness (QED) is 0.624. The summed E-state index contributed by atoms with van der Waals surface area (Å²) in [6, 6.07) is 4.59. The number of halogens is 1. The molecule has 0 saturated carbocycles. The Bertz CT molecular complexity index is 318. The van der Waals surface area contributed by atoms with Crippen molar-refractivity contribution in [3.05, 3.63) is 35.1 Å².